The fourth-order valence-corrected chi connectivity index (χ4v) is 18.3. The number of rotatable bonds is 20. The van der Waals surface area contributed by atoms with Crippen LogP contribution in [0.3, 0.4) is 0 Å². The molecule has 8 fully saturated rings. The summed E-state index contributed by atoms with van der Waals surface area (Å²) < 4.78 is 42.2. The molecule has 502 valence electrons. The molecule has 11 rings (SSSR count). The summed E-state index contributed by atoms with van der Waals surface area (Å²) in [6.45, 7) is 11.3. The largest absolute Gasteiger partial charge is 0.507 e. The first kappa shape index (κ1) is 67.4. The molecule has 9 aliphatic rings. The zero-order valence-corrected chi connectivity index (χ0v) is 52.6. The molecule has 3 aliphatic heterocycles. The Bertz CT molecular complexity index is 3070. The van der Waals surface area contributed by atoms with E-state index in [1.165, 1.54) is 18.6 Å². The van der Waals surface area contributed by atoms with Crippen LogP contribution in [0.15, 0.2) is 53.6 Å². The summed E-state index contributed by atoms with van der Waals surface area (Å²) in [5, 5.41) is 117. The number of aliphatic hydroxyl groups is 9. The normalized spacial score (nSPS) is 42.9. The lowest BCUT2D eigenvalue weighted by atomic mass is 9.22. The van der Waals surface area contributed by atoms with E-state index in [1.54, 1.807) is 36.4 Å². The van der Waals surface area contributed by atoms with Crippen LogP contribution in [0.1, 0.15) is 151 Å². The van der Waals surface area contributed by atoms with Crippen LogP contribution in [0.5, 0.6) is 11.5 Å². The van der Waals surface area contributed by atoms with Crippen molar-refractivity contribution in [3.63, 3.8) is 0 Å². The van der Waals surface area contributed by atoms with E-state index >= 15 is 4.79 Å². The number of amides is 2. The van der Waals surface area contributed by atoms with Crippen molar-refractivity contribution in [3.8, 4) is 11.5 Å². The van der Waals surface area contributed by atoms with Crippen LogP contribution >= 0.6 is 0 Å². The number of aldehydes is 2. The van der Waals surface area contributed by atoms with Crippen molar-refractivity contribution in [2.24, 2.45) is 50.2 Å². The summed E-state index contributed by atoms with van der Waals surface area (Å²) in [6.07, 6.45) is -15.8. The van der Waals surface area contributed by atoms with E-state index in [0.29, 0.717) is 55.9 Å². The predicted octanol–water partition coefficient (Wildman–Crippen LogP) is 2.53. The van der Waals surface area contributed by atoms with Crippen LogP contribution in [0.2, 0.25) is 0 Å². The first-order chi connectivity index (χ1) is 43.1. The zero-order chi connectivity index (χ0) is 65.5. The lowest BCUT2D eigenvalue weighted by Crippen LogP contribution is -2.76. The highest BCUT2D eigenvalue weighted by Crippen LogP contribution is 2.87. The van der Waals surface area contributed by atoms with E-state index in [-0.39, 0.29) is 83.5 Å². The molecule has 0 aromatic heterocycles. The maximum Gasteiger partial charge on any atom is 0.317 e. The minimum absolute atomic E-state index is 0.0260. The molecular weight excluding hydrogens is 1180 g/mol. The Kier molecular flexibility index (Phi) is 19.0. The van der Waals surface area contributed by atoms with Crippen LogP contribution in [0.4, 0.5) is 0 Å². The van der Waals surface area contributed by atoms with Gasteiger partial charge in [0.15, 0.2) is 25.0 Å². The van der Waals surface area contributed by atoms with E-state index in [1.807, 2.05) is 6.92 Å². The van der Waals surface area contributed by atoms with Gasteiger partial charge in [-0.15, -0.1) is 0 Å². The Morgan fingerprint density at radius 2 is 1.47 bits per heavy atom. The number of carbonyl (C=O) groups excluding carboxylic acids is 5. The number of allylic oxidation sites excluding steroid dienone is 2. The van der Waals surface area contributed by atoms with Crippen molar-refractivity contribution in [3.05, 3.63) is 70.3 Å². The number of aromatic hydroxyl groups is 1. The first-order valence-electron chi connectivity index (χ1n) is 32.4. The zero-order valence-electron chi connectivity index (χ0n) is 52.6. The van der Waals surface area contributed by atoms with Crippen molar-refractivity contribution in [1.82, 2.24) is 10.6 Å². The summed E-state index contributed by atoms with van der Waals surface area (Å²) in [4.78, 5) is 66.7. The molecule has 14 unspecified atom stereocenters. The van der Waals surface area contributed by atoms with E-state index in [4.69, 9.17) is 33.2 Å². The minimum atomic E-state index is -1.98. The van der Waals surface area contributed by atoms with E-state index < -0.39 is 145 Å². The monoisotopic (exact) mass is 1280 g/mol. The molecule has 12 N–H and O–H groups in total. The van der Waals surface area contributed by atoms with Gasteiger partial charge in [0.05, 0.1) is 48.5 Å². The number of aliphatic hydroxyl groups excluding tert-OH is 9. The maximum absolute atomic E-state index is 15.7. The van der Waals surface area contributed by atoms with E-state index in [2.05, 4.69) is 38.3 Å². The van der Waals surface area contributed by atoms with Gasteiger partial charge in [0.2, 0.25) is 12.2 Å². The van der Waals surface area contributed by atoms with Crippen molar-refractivity contribution >= 4 is 30.4 Å². The smallest absolute Gasteiger partial charge is 0.317 e. The Morgan fingerprint density at radius 3 is 2.19 bits per heavy atom. The summed E-state index contributed by atoms with van der Waals surface area (Å²) in [7, 11) is 0. The van der Waals surface area contributed by atoms with Gasteiger partial charge in [0.1, 0.15) is 78.6 Å². The van der Waals surface area contributed by atoms with Crippen molar-refractivity contribution in [2.75, 3.05) is 19.8 Å². The number of hydrogen-bond acceptors (Lipinski definition) is 22. The molecule has 6 aliphatic carbocycles. The van der Waals surface area contributed by atoms with Gasteiger partial charge in [-0.25, -0.2) is 0 Å². The van der Waals surface area contributed by atoms with Gasteiger partial charge in [-0.3, -0.25) is 19.2 Å². The molecule has 0 radical (unpaired) electrons. The van der Waals surface area contributed by atoms with E-state index in [0.717, 1.165) is 37.5 Å². The predicted molar refractivity (Wildman–Crippen MR) is 319 cm³/mol. The lowest BCUT2D eigenvalue weighted by molar-refractivity contribution is -0.370. The molecule has 91 heavy (non-hydrogen) atoms. The number of ether oxygens (including phenoxy) is 7. The number of benzene rings is 2. The minimum Gasteiger partial charge on any atom is -0.507 e. The molecule has 24 heteroatoms. The highest BCUT2D eigenvalue weighted by Gasteiger charge is 2.81. The summed E-state index contributed by atoms with van der Waals surface area (Å²) in [5.41, 5.74) is -0.117. The SMILES string of the molecule is C[C@H]1O[C@@H](OC2C(O)C(NC(=O)CCCCCNC(=O)c3ccc(COc4cccc(O)c4C=O)cc3)[C@@H](CO)O[C@H]2OC(=O)C23CCC(C)(C)CC2C2=C4CC5C6(C)CCC(O)C(C)(C=O)[C@@H]6CC[C@@]45[C@]2(C)C[C@H]3O)C(O)C(O)C1O[C@@H]1OC[C@@H](O)C(O)C1O. The van der Waals surface area contributed by atoms with Crippen LogP contribution in [0, 0.1) is 50.2 Å². The Hall–Kier alpha value is -5.03. The van der Waals surface area contributed by atoms with Crippen molar-refractivity contribution in [2.45, 2.75) is 230 Å². The summed E-state index contributed by atoms with van der Waals surface area (Å²) in [5.74, 6) is -2.03. The molecule has 1 spiro atoms. The molecule has 0 bridgehead atoms. The number of fused-ring (bicyclic) bond motifs is 5. The lowest BCUT2D eigenvalue weighted by Gasteiger charge is -2.81. The number of carbonyl (C=O) groups is 5. The Labute approximate surface area is 528 Å². The number of hydrogen-bond donors (Lipinski definition) is 12. The number of esters is 1. The van der Waals surface area contributed by atoms with Crippen LogP contribution in [-0.2, 0) is 49.4 Å². The fraction of sp³-hybridized carbons (Fsp3) is 0.716. The molecule has 3 heterocycles. The van der Waals surface area contributed by atoms with Gasteiger partial charge >= 0.3 is 5.97 Å². The maximum atomic E-state index is 15.7. The standard InChI is InChI=1S/C67H92N2O22/c1-33-55(89-58-53(81)50(78)40(74)31-86-58)52(80)54(82)59(87-33)90-56-51(79)49(69-47(77)13-8-7-9-24-68-57(83)35-16-14-34(15-17-35)30-85-41-12-10-11-39(73)36(41)28-70)42(29-71)88-60(56)91-61(84)66-23-22-62(2,3)26-38(66)48-37-25-44-63(4)20-19-45(75)64(5,32-72)43(63)18-21-67(37,44)65(48,6)27-46(66)76/h10-12,14-17,28,32-33,38,40,42-46,49-56,58-60,71,73-76,78-82H,7-9,13,18-27,29-31H2,1-6H3,(H,68,83)(H,69,77)/t33-,38?,40-,42-,43-,44?,45?,46-,49?,50?,51?,52?,53?,54?,55?,56?,58+,59+,60+,63?,64?,65-,66?,67-/m1/s1. The highest BCUT2D eigenvalue weighted by atomic mass is 16.8. The Morgan fingerprint density at radius 1 is 0.747 bits per heavy atom. The second-order valence-corrected chi connectivity index (χ2v) is 29.0. The van der Waals surface area contributed by atoms with Gasteiger partial charge in [-0.05, 0) is 136 Å². The third-order valence-electron chi connectivity index (χ3n) is 23.4. The second-order valence-electron chi connectivity index (χ2n) is 29.0. The Balaban J connectivity index is 0.780. The quantitative estimate of drug-likeness (QED) is 0.0392. The molecule has 24 nitrogen and oxygen atoms in total. The van der Waals surface area contributed by atoms with E-state index in [9.17, 15) is 70.2 Å². The molecule has 5 saturated carbocycles. The molecule has 24 atom stereocenters. The van der Waals surface area contributed by atoms with Gasteiger partial charge in [-0.2, -0.15) is 0 Å². The number of unbranched alkanes of at least 4 members (excludes halogenated alkanes) is 2. The highest BCUT2D eigenvalue weighted by molar-refractivity contribution is 5.94. The van der Waals surface area contributed by atoms with Gasteiger partial charge in [0.25, 0.3) is 5.91 Å². The summed E-state index contributed by atoms with van der Waals surface area (Å²) in [6, 6.07) is 9.73. The average Bonchev–Trinajstić information content (AvgIpc) is 0.625. The van der Waals surface area contributed by atoms with Crippen molar-refractivity contribution < 1.29 is 108 Å². The molecule has 2 amide bonds. The van der Waals surface area contributed by atoms with Gasteiger partial charge < -0.3 is 99.7 Å². The topological polar surface area (TPSA) is 376 Å². The number of nitrogens with one attached hydrogen (secondary N) is 2. The number of phenols is 1. The van der Waals surface area contributed by atoms with Gasteiger partial charge in [-0.1, -0.05) is 70.4 Å². The van der Waals surface area contributed by atoms with Crippen LogP contribution < -0.4 is 15.4 Å². The summed E-state index contributed by atoms with van der Waals surface area (Å²) >= 11 is 0. The van der Waals surface area contributed by atoms with Gasteiger partial charge in [0, 0.05) is 29.4 Å². The second kappa shape index (κ2) is 25.6. The molecular formula is C67H92N2O22. The van der Waals surface area contributed by atoms with Crippen LogP contribution in [0.25, 0.3) is 0 Å². The fourth-order valence-electron chi connectivity index (χ4n) is 18.3. The third-order valence-corrected chi connectivity index (χ3v) is 23.4. The van der Waals surface area contributed by atoms with Crippen LogP contribution in [-0.4, -0.2) is 199 Å². The third kappa shape index (κ3) is 11.4. The number of phenolic OH excluding ortho intramolecular Hbond substituents is 1. The first-order valence-corrected chi connectivity index (χ1v) is 32.4. The molecule has 2 aromatic rings. The molecule has 2 aromatic carbocycles. The average molecular weight is 1280 g/mol. The molecule has 3 saturated heterocycles. The van der Waals surface area contributed by atoms with Crippen molar-refractivity contribution in [1.29, 1.82) is 0 Å².